The van der Waals surface area contributed by atoms with Gasteiger partial charge in [-0.25, -0.2) is 4.79 Å². The number of esters is 1. The number of carbonyl (C=O) groups excluding carboxylic acids is 3. The largest absolute Gasteiger partial charge is 0.464 e. The van der Waals surface area contributed by atoms with Crippen LogP contribution in [0.15, 0.2) is 0 Å². The van der Waals surface area contributed by atoms with Crippen molar-refractivity contribution in [3.63, 3.8) is 0 Å². The van der Waals surface area contributed by atoms with Crippen molar-refractivity contribution in [1.29, 1.82) is 0 Å². The highest BCUT2D eigenvalue weighted by Crippen LogP contribution is 2.07. The molecule has 0 aliphatic carbocycles. The maximum atomic E-state index is 11.9. The number of hydrogen-bond donors (Lipinski definition) is 1. The second-order valence-corrected chi connectivity index (χ2v) is 5.84. The van der Waals surface area contributed by atoms with Crippen LogP contribution in [0, 0.1) is 0 Å². The average molecular weight is 312 g/mol. The van der Waals surface area contributed by atoms with Crippen LogP contribution < -0.4 is 5.32 Å². The fourth-order valence-electron chi connectivity index (χ4n) is 2.40. The topological polar surface area (TPSA) is 75.7 Å². The smallest absolute Gasteiger partial charge is 0.328 e. The summed E-state index contributed by atoms with van der Waals surface area (Å²) < 4.78 is 4.76. The minimum atomic E-state index is -0.593. The molecule has 0 radical (unpaired) electrons. The molecule has 0 saturated carbocycles. The summed E-state index contributed by atoms with van der Waals surface area (Å²) in [7, 11) is 1.71. The van der Waals surface area contributed by atoms with E-state index in [9.17, 15) is 14.4 Å². The first-order chi connectivity index (χ1) is 10.5. The fourth-order valence-corrected chi connectivity index (χ4v) is 2.40. The number of unbranched alkanes of at least 4 members (excludes halogenated alkanes) is 5. The van der Waals surface area contributed by atoms with Crippen molar-refractivity contribution in [2.45, 2.75) is 64.3 Å². The summed E-state index contributed by atoms with van der Waals surface area (Å²) in [6.07, 6.45) is 7.26. The lowest BCUT2D eigenvalue weighted by Crippen LogP contribution is -2.40. The van der Waals surface area contributed by atoms with Gasteiger partial charge in [0.15, 0.2) is 0 Å². The van der Waals surface area contributed by atoms with Gasteiger partial charge in [-0.1, -0.05) is 39.0 Å². The van der Waals surface area contributed by atoms with Crippen molar-refractivity contribution in [1.82, 2.24) is 10.2 Å². The maximum Gasteiger partial charge on any atom is 0.328 e. The highest BCUT2D eigenvalue weighted by Gasteiger charge is 2.28. The molecule has 2 amide bonds. The Hall–Kier alpha value is -1.59. The zero-order valence-electron chi connectivity index (χ0n) is 13.7. The average Bonchev–Trinajstić information content (AvgIpc) is 2.87. The SMILES string of the molecule is CCCCCCCCN(C)C(=O)CC(=O)N[C@H]1CCOC1=O. The van der Waals surface area contributed by atoms with Crippen molar-refractivity contribution in [3.05, 3.63) is 0 Å². The number of nitrogens with zero attached hydrogens (tertiary/aromatic N) is 1. The van der Waals surface area contributed by atoms with E-state index in [4.69, 9.17) is 4.74 Å². The molecule has 1 N–H and O–H groups in total. The number of amides is 2. The van der Waals surface area contributed by atoms with Gasteiger partial charge in [-0.05, 0) is 6.42 Å². The Balaban J connectivity index is 2.14. The molecule has 1 heterocycles. The third-order valence-electron chi connectivity index (χ3n) is 3.86. The van der Waals surface area contributed by atoms with Crippen molar-refractivity contribution in [2.75, 3.05) is 20.2 Å². The van der Waals surface area contributed by atoms with Crippen LogP contribution >= 0.6 is 0 Å². The molecule has 1 aliphatic heterocycles. The van der Waals surface area contributed by atoms with Crippen molar-refractivity contribution in [2.24, 2.45) is 0 Å². The normalized spacial score (nSPS) is 17.2. The summed E-state index contributed by atoms with van der Waals surface area (Å²) in [6, 6.07) is -0.593. The minimum absolute atomic E-state index is 0.211. The number of nitrogens with one attached hydrogen (secondary N) is 1. The molecule has 6 heteroatoms. The van der Waals surface area contributed by atoms with Gasteiger partial charge in [0.2, 0.25) is 11.8 Å². The van der Waals surface area contributed by atoms with Gasteiger partial charge in [0.05, 0.1) is 6.61 Å². The molecule has 0 aromatic heterocycles. The van der Waals surface area contributed by atoms with Crippen LogP contribution in [-0.4, -0.2) is 48.9 Å². The molecule has 6 nitrogen and oxygen atoms in total. The van der Waals surface area contributed by atoms with Crippen LogP contribution in [0.25, 0.3) is 0 Å². The maximum absolute atomic E-state index is 11.9. The molecular formula is C16H28N2O4. The predicted molar refractivity (Wildman–Crippen MR) is 83.1 cm³/mol. The lowest BCUT2D eigenvalue weighted by atomic mass is 10.1. The summed E-state index contributed by atoms with van der Waals surface area (Å²) >= 11 is 0. The van der Waals surface area contributed by atoms with Crippen LogP contribution in [0.2, 0.25) is 0 Å². The fraction of sp³-hybridized carbons (Fsp3) is 0.812. The second kappa shape index (κ2) is 10.2. The zero-order valence-corrected chi connectivity index (χ0v) is 13.7. The lowest BCUT2D eigenvalue weighted by molar-refractivity contribution is -0.142. The Morgan fingerprint density at radius 3 is 2.55 bits per heavy atom. The first-order valence-electron chi connectivity index (χ1n) is 8.24. The molecule has 0 aromatic rings. The van der Waals surface area contributed by atoms with E-state index in [-0.39, 0.29) is 12.3 Å². The Labute approximate surface area is 132 Å². The third-order valence-corrected chi connectivity index (χ3v) is 3.86. The van der Waals surface area contributed by atoms with E-state index in [1.807, 2.05) is 0 Å². The molecule has 0 bridgehead atoms. The number of rotatable bonds is 10. The van der Waals surface area contributed by atoms with Crippen LogP contribution in [0.3, 0.4) is 0 Å². The zero-order chi connectivity index (χ0) is 16.4. The first kappa shape index (κ1) is 18.5. The van der Waals surface area contributed by atoms with Gasteiger partial charge in [0.1, 0.15) is 12.5 Å². The van der Waals surface area contributed by atoms with E-state index in [2.05, 4.69) is 12.2 Å². The summed E-state index contributed by atoms with van der Waals surface area (Å²) in [5, 5.41) is 2.54. The standard InChI is InChI=1S/C16H28N2O4/c1-3-4-5-6-7-8-10-18(2)15(20)12-14(19)17-13-9-11-22-16(13)21/h13H,3-12H2,1-2H3,(H,17,19)/t13-/m0/s1. The number of cyclic esters (lactones) is 1. The van der Waals surface area contributed by atoms with E-state index in [0.717, 1.165) is 12.8 Å². The monoisotopic (exact) mass is 312 g/mol. The van der Waals surface area contributed by atoms with Crippen molar-refractivity contribution in [3.8, 4) is 0 Å². The molecular weight excluding hydrogens is 284 g/mol. The molecule has 0 unspecified atom stereocenters. The molecule has 1 fully saturated rings. The highest BCUT2D eigenvalue weighted by molar-refractivity contribution is 5.98. The number of hydrogen-bond acceptors (Lipinski definition) is 4. The summed E-state index contributed by atoms with van der Waals surface area (Å²) in [4.78, 5) is 36.5. The van der Waals surface area contributed by atoms with Gasteiger partial charge in [0.25, 0.3) is 0 Å². The van der Waals surface area contributed by atoms with Crippen molar-refractivity contribution < 1.29 is 19.1 Å². The highest BCUT2D eigenvalue weighted by atomic mass is 16.5. The summed E-state index contributed by atoms with van der Waals surface area (Å²) in [5.74, 6) is -1.04. The lowest BCUT2D eigenvalue weighted by Gasteiger charge is -2.17. The van der Waals surface area contributed by atoms with E-state index in [0.29, 0.717) is 19.6 Å². The van der Waals surface area contributed by atoms with Gasteiger partial charge in [-0.15, -0.1) is 0 Å². The molecule has 0 aromatic carbocycles. The minimum Gasteiger partial charge on any atom is -0.464 e. The molecule has 1 atom stereocenters. The van der Waals surface area contributed by atoms with Crippen LogP contribution in [0.4, 0.5) is 0 Å². The third kappa shape index (κ3) is 6.91. The van der Waals surface area contributed by atoms with Gasteiger partial charge in [-0.3, -0.25) is 9.59 Å². The van der Waals surface area contributed by atoms with Gasteiger partial charge in [-0.2, -0.15) is 0 Å². The van der Waals surface area contributed by atoms with E-state index < -0.39 is 17.9 Å². The molecule has 0 spiro atoms. The van der Waals surface area contributed by atoms with Crippen LogP contribution in [0.5, 0.6) is 0 Å². The number of ether oxygens (including phenoxy) is 1. The van der Waals surface area contributed by atoms with Gasteiger partial charge >= 0.3 is 5.97 Å². The quantitative estimate of drug-likeness (QED) is 0.378. The molecule has 1 aliphatic rings. The molecule has 1 saturated heterocycles. The predicted octanol–water partition coefficient (Wildman–Crippen LogP) is 1.63. The van der Waals surface area contributed by atoms with Gasteiger partial charge in [0, 0.05) is 20.0 Å². The Morgan fingerprint density at radius 2 is 1.91 bits per heavy atom. The Morgan fingerprint density at radius 1 is 1.23 bits per heavy atom. The van der Waals surface area contributed by atoms with Crippen LogP contribution in [-0.2, 0) is 19.1 Å². The summed E-state index contributed by atoms with van der Waals surface area (Å²) in [6.45, 7) is 3.18. The molecule has 22 heavy (non-hydrogen) atoms. The first-order valence-corrected chi connectivity index (χ1v) is 8.24. The van der Waals surface area contributed by atoms with E-state index >= 15 is 0 Å². The van der Waals surface area contributed by atoms with Gasteiger partial charge < -0.3 is 15.0 Å². The summed E-state index contributed by atoms with van der Waals surface area (Å²) in [5.41, 5.74) is 0. The van der Waals surface area contributed by atoms with E-state index in [1.54, 1.807) is 11.9 Å². The second-order valence-electron chi connectivity index (χ2n) is 5.84. The molecule has 126 valence electrons. The van der Waals surface area contributed by atoms with E-state index in [1.165, 1.54) is 25.7 Å². The van der Waals surface area contributed by atoms with Crippen LogP contribution in [0.1, 0.15) is 58.3 Å². The Bertz CT molecular complexity index is 384. The Kier molecular flexibility index (Phi) is 8.55. The van der Waals surface area contributed by atoms with Crippen molar-refractivity contribution >= 4 is 17.8 Å². The molecule has 1 rings (SSSR count). The number of carbonyl (C=O) groups is 3.